The maximum atomic E-state index is 12.4. The molecule has 128 valence electrons. The Morgan fingerprint density at radius 1 is 1.15 bits per heavy atom. The Kier molecular flexibility index (Phi) is 3.85. The summed E-state index contributed by atoms with van der Waals surface area (Å²) >= 11 is 0. The van der Waals surface area contributed by atoms with Crippen molar-refractivity contribution in [1.82, 2.24) is 4.98 Å². The highest BCUT2D eigenvalue weighted by molar-refractivity contribution is 6.34. The van der Waals surface area contributed by atoms with Crippen molar-refractivity contribution < 1.29 is 14.3 Å². The SMILES string of the molecule is COC(=O)c1ccc(NC=C2C(=O)Nc3ccc4ncccc4c32)cc1. The second-order valence-electron chi connectivity index (χ2n) is 5.78. The molecule has 6 heteroatoms. The number of anilines is 2. The Balaban J connectivity index is 1.68. The summed E-state index contributed by atoms with van der Waals surface area (Å²) in [5.41, 5.74) is 4.19. The first kappa shape index (κ1) is 15.8. The summed E-state index contributed by atoms with van der Waals surface area (Å²) < 4.78 is 4.68. The first-order valence-electron chi connectivity index (χ1n) is 8.02. The van der Waals surface area contributed by atoms with Crippen molar-refractivity contribution in [3.8, 4) is 0 Å². The maximum absolute atomic E-state index is 12.4. The minimum Gasteiger partial charge on any atom is -0.465 e. The van der Waals surface area contributed by atoms with Crippen LogP contribution in [0, 0.1) is 0 Å². The largest absolute Gasteiger partial charge is 0.465 e. The molecular formula is C20H15N3O3. The molecule has 1 aromatic heterocycles. The molecule has 0 radical (unpaired) electrons. The minimum atomic E-state index is -0.391. The minimum absolute atomic E-state index is 0.171. The molecule has 1 amide bonds. The molecule has 2 aromatic carbocycles. The van der Waals surface area contributed by atoms with Crippen molar-refractivity contribution in [2.75, 3.05) is 17.7 Å². The molecular weight excluding hydrogens is 330 g/mol. The molecule has 0 aliphatic carbocycles. The van der Waals surface area contributed by atoms with Gasteiger partial charge in [-0.05, 0) is 42.5 Å². The van der Waals surface area contributed by atoms with Gasteiger partial charge in [0.1, 0.15) is 0 Å². The number of fused-ring (bicyclic) bond motifs is 3. The van der Waals surface area contributed by atoms with E-state index >= 15 is 0 Å². The third kappa shape index (κ3) is 2.67. The van der Waals surface area contributed by atoms with Gasteiger partial charge in [0.05, 0.1) is 23.8 Å². The highest BCUT2D eigenvalue weighted by Gasteiger charge is 2.26. The zero-order chi connectivity index (χ0) is 18.1. The van der Waals surface area contributed by atoms with Gasteiger partial charge >= 0.3 is 5.97 Å². The number of hydrogen-bond acceptors (Lipinski definition) is 5. The number of nitrogens with one attached hydrogen (secondary N) is 2. The number of rotatable bonds is 3. The number of carbonyl (C=O) groups excluding carboxylic acids is 2. The van der Waals surface area contributed by atoms with Crippen molar-refractivity contribution in [3.05, 3.63) is 72.1 Å². The molecule has 3 aromatic rings. The number of ether oxygens (including phenoxy) is 1. The molecule has 2 heterocycles. The van der Waals surface area contributed by atoms with Gasteiger partial charge in [-0.1, -0.05) is 6.07 Å². The van der Waals surface area contributed by atoms with Crippen LogP contribution < -0.4 is 10.6 Å². The molecule has 0 atom stereocenters. The number of benzene rings is 2. The van der Waals surface area contributed by atoms with Crippen molar-refractivity contribution >= 4 is 39.7 Å². The average Bonchev–Trinajstić information content (AvgIpc) is 3.01. The molecule has 2 N–H and O–H groups in total. The monoisotopic (exact) mass is 345 g/mol. The summed E-state index contributed by atoms with van der Waals surface area (Å²) in [4.78, 5) is 28.2. The lowest BCUT2D eigenvalue weighted by molar-refractivity contribution is -0.110. The summed E-state index contributed by atoms with van der Waals surface area (Å²) in [5.74, 6) is -0.562. The smallest absolute Gasteiger partial charge is 0.337 e. The third-order valence-corrected chi connectivity index (χ3v) is 4.24. The van der Waals surface area contributed by atoms with Crippen LogP contribution >= 0.6 is 0 Å². The topological polar surface area (TPSA) is 80.3 Å². The van der Waals surface area contributed by atoms with E-state index in [4.69, 9.17) is 0 Å². The lowest BCUT2D eigenvalue weighted by Gasteiger charge is -2.06. The van der Waals surface area contributed by atoms with E-state index in [2.05, 4.69) is 20.4 Å². The average molecular weight is 345 g/mol. The van der Waals surface area contributed by atoms with Gasteiger partial charge in [-0.2, -0.15) is 0 Å². The highest BCUT2D eigenvalue weighted by Crippen LogP contribution is 2.36. The first-order chi connectivity index (χ1) is 12.7. The van der Waals surface area contributed by atoms with E-state index in [1.165, 1.54) is 7.11 Å². The van der Waals surface area contributed by atoms with E-state index in [9.17, 15) is 9.59 Å². The predicted molar refractivity (Wildman–Crippen MR) is 99.8 cm³/mol. The number of nitrogens with zero attached hydrogens (tertiary/aromatic N) is 1. The Bertz CT molecular complexity index is 1060. The van der Waals surface area contributed by atoms with Gasteiger partial charge in [-0.15, -0.1) is 0 Å². The summed E-state index contributed by atoms with van der Waals surface area (Å²) in [6.45, 7) is 0. The molecule has 0 unspecified atom stereocenters. The van der Waals surface area contributed by atoms with E-state index < -0.39 is 5.97 Å². The van der Waals surface area contributed by atoms with E-state index in [1.54, 1.807) is 36.7 Å². The van der Waals surface area contributed by atoms with Crippen LogP contribution in [0.2, 0.25) is 0 Å². The number of aromatic nitrogens is 1. The molecule has 1 aliphatic rings. The lowest BCUT2D eigenvalue weighted by atomic mass is 10.0. The lowest BCUT2D eigenvalue weighted by Crippen LogP contribution is -2.05. The molecule has 0 bridgehead atoms. The van der Waals surface area contributed by atoms with Crippen LogP contribution in [0.5, 0.6) is 0 Å². The summed E-state index contributed by atoms with van der Waals surface area (Å²) in [6, 6.07) is 14.4. The molecule has 0 saturated heterocycles. The van der Waals surface area contributed by atoms with Crippen molar-refractivity contribution in [2.45, 2.75) is 0 Å². The molecule has 0 saturated carbocycles. The fourth-order valence-corrected chi connectivity index (χ4v) is 2.96. The van der Waals surface area contributed by atoms with Crippen molar-refractivity contribution in [1.29, 1.82) is 0 Å². The van der Waals surface area contributed by atoms with Crippen molar-refractivity contribution in [2.24, 2.45) is 0 Å². The quantitative estimate of drug-likeness (QED) is 0.561. The van der Waals surface area contributed by atoms with Gasteiger partial charge in [0, 0.05) is 34.7 Å². The number of carbonyl (C=O) groups is 2. The van der Waals surface area contributed by atoms with E-state index in [-0.39, 0.29) is 5.91 Å². The van der Waals surface area contributed by atoms with Crippen LogP contribution in [-0.2, 0) is 9.53 Å². The van der Waals surface area contributed by atoms with Crippen LogP contribution in [-0.4, -0.2) is 24.0 Å². The standard InChI is InChI=1S/C20H15N3O3/c1-26-20(25)12-4-6-13(7-5-12)22-11-15-18-14-3-2-10-21-16(14)8-9-17(18)23-19(15)24/h2-11,22H,1H3,(H,23,24). The molecule has 1 aliphatic heterocycles. The summed E-state index contributed by atoms with van der Waals surface area (Å²) in [6.07, 6.45) is 3.39. The number of methoxy groups -OCH3 is 1. The van der Waals surface area contributed by atoms with E-state index in [0.717, 1.165) is 27.8 Å². The second kappa shape index (κ2) is 6.33. The van der Waals surface area contributed by atoms with Gasteiger partial charge < -0.3 is 15.4 Å². The first-order valence-corrected chi connectivity index (χ1v) is 8.02. The maximum Gasteiger partial charge on any atom is 0.337 e. The van der Waals surface area contributed by atoms with Crippen LogP contribution in [0.4, 0.5) is 11.4 Å². The third-order valence-electron chi connectivity index (χ3n) is 4.24. The molecule has 6 nitrogen and oxygen atoms in total. The number of hydrogen-bond donors (Lipinski definition) is 2. The van der Waals surface area contributed by atoms with Gasteiger partial charge in [0.25, 0.3) is 5.91 Å². The van der Waals surface area contributed by atoms with Crippen LogP contribution in [0.25, 0.3) is 16.5 Å². The number of amides is 1. The zero-order valence-electron chi connectivity index (χ0n) is 13.9. The highest BCUT2D eigenvalue weighted by atomic mass is 16.5. The predicted octanol–water partition coefficient (Wildman–Crippen LogP) is 3.43. The number of esters is 1. The summed E-state index contributed by atoms with van der Waals surface area (Å²) in [5, 5.41) is 6.90. The van der Waals surface area contributed by atoms with E-state index in [0.29, 0.717) is 11.1 Å². The van der Waals surface area contributed by atoms with Gasteiger partial charge in [0.2, 0.25) is 0 Å². The number of pyridine rings is 1. The van der Waals surface area contributed by atoms with Gasteiger partial charge in [-0.3, -0.25) is 9.78 Å². The van der Waals surface area contributed by atoms with Crippen LogP contribution in [0.1, 0.15) is 15.9 Å². The van der Waals surface area contributed by atoms with Crippen LogP contribution in [0.15, 0.2) is 60.9 Å². The Hall–Kier alpha value is -3.67. The molecule has 26 heavy (non-hydrogen) atoms. The second-order valence-corrected chi connectivity index (χ2v) is 5.78. The Morgan fingerprint density at radius 2 is 1.96 bits per heavy atom. The van der Waals surface area contributed by atoms with Gasteiger partial charge in [-0.25, -0.2) is 4.79 Å². The fourth-order valence-electron chi connectivity index (χ4n) is 2.96. The normalized spacial score (nSPS) is 14.2. The van der Waals surface area contributed by atoms with Gasteiger partial charge in [0.15, 0.2) is 0 Å². The zero-order valence-corrected chi connectivity index (χ0v) is 13.9. The van der Waals surface area contributed by atoms with Crippen molar-refractivity contribution in [3.63, 3.8) is 0 Å². The molecule has 0 spiro atoms. The molecule has 0 fully saturated rings. The Labute approximate surface area is 149 Å². The molecule has 4 rings (SSSR count). The Morgan fingerprint density at radius 3 is 2.73 bits per heavy atom. The van der Waals surface area contributed by atoms with Crippen LogP contribution in [0.3, 0.4) is 0 Å². The summed E-state index contributed by atoms with van der Waals surface area (Å²) in [7, 11) is 1.34. The fraction of sp³-hybridized carbons (Fsp3) is 0.0500. The van der Waals surface area contributed by atoms with E-state index in [1.807, 2.05) is 24.3 Å².